The first-order valence-electron chi connectivity index (χ1n) is 5.00. The van der Waals surface area contributed by atoms with E-state index in [9.17, 15) is 0 Å². The number of rotatable bonds is 1. The molecule has 0 saturated carbocycles. The van der Waals surface area contributed by atoms with Gasteiger partial charge in [-0.15, -0.1) is 0 Å². The van der Waals surface area contributed by atoms with E-state index in [0.717, 1.165) is 17.6 Å². The second-order valence-corrected chi connectivity index (χ2v) is 4.68. The van der Waals surface area contributed by atoms with Gasteiger partial charge in [0.25, 0.3) is 0 Å². The summed E-state index contributed by atoms with van der Waals surface area (Å²) in [4.78, 5) is 6.36. The molecule has 4 heteroatoms. The van der Waals surface area contributed by atoms with E-state index in [1.54, 1.807) is 0 Å². The predicted octanol–water partition coefficient (Wildman–Crippen LogP) is 2.32. The van der Waals surface area contributed by atoms with Crippen molar-refractivity contribution >= 4 is 22.3 Å². The van der Waals surface area contributed by atoms with Crippen LogP contribution in [0.1, 0.15) is 17.4 Å². The molecule has 0 N–H and O–H groups in total. The Kier molecular flexibility index (Phi) is 2.25. The number of benzene rings is 1. The number of hydrogen-bond donors (Lipinski definition) is 0. The fourth-order valence-electron chi connectivity index (χ4n) is 2.04. The molecule has 1 unspecified atom stereocenters. The Hall–Kier alpha value is -0.870. The van der Waals surface area contributed by atoms with Gasteiger partial charge in [-0.3, -0.25) is 4.99 Å². The zero-order chi connectivity index (χ0) is 10.3. The first-order chi connectivity index (χ1) is 7.34. The molecular formula is C11H11BrN2O. The summed E-state index contributed by atoms with van der Waals surface area (Å²) < 4.78 is 6.89. The lowest BCUT2D eigenvalue weighted by Crippen LogP contribution is -2.25. The maximum Gasteiger partial charge on any atom is 0.157 e. The van der Waals surface area contributed by atoms with Crippen molar-refractivity contribution in [1.82, 2.24) is 4.90 Å². The van der Waals surface area contributed by atoms with E-state index in [2.05, 4.69) is 44.0 Å². The van der Waals surface area contributed by atoms with Crippen LogP contribution in [0.3, 0.4) is 0 Å². The van der Waals surface area contributed by atoms with E-state index in [1.807, 2.05) is 6.34 Å². The topological polar surface area (TPSA) is 24.8 Å². The minimum atomic E-state index is 0.0688. The number of ether oxygens (including phenoxy) is 1. The average Bonchev–Trinajstić information content (AvgIpc) is 2.82. The first-order valence-corrected chi connectivity index (χ1v) is 5.79. The molecule has 0 saturated heterocycles. The molecule has 2 heterocycles. The first kappa shape index (κ1) is 9.36. The normalized spacial score (nSPS) is 23.5. The summed E-state index contributed by atoms with van der Waals surface area (Å²) in [6.07, 6.45) is 1.96. The van der Waals surface area contributed by atoms with Crippen LogP contribution in [0.4, 0.5) is 0 Å². The van der Waals surface area contributed by atoms with E-state index in [4.69, 9.17) is 4.74 Å². The van der Waals surface area contributed by atoms with Gasteiger partial charge in [0.15, 0.2) is 6.23 Å². The van der Waals surface area contributed by atoms with Crippen LogP contribution in [0.15, 0.2) is 27.7 Å². The van der Waals surface area contributed by atoms with Crippen molar-refractivity contribution in [2.75, 3.05) is 13.1 Å². The van der Waals surface area contributed by atoms with Crippen molar-refractivity contribution in [2.24, 2.45) is 4.99 Å². The van der Waals surface area contributed by atoms with Gasteiger partial charge in [0, 0.05) is 16.6 Å². The third-order valence-electron chi connectivity index (χ3n) is 2.79. The summed E-state index contributed by atoms with van der Waals surface area (Å²) in [5.41, 5.74) is 2.54. The van der Waals surface area contributed by atoms with Crippen LogP contribution in [0.25, 0.3) is 0 Å². The van der Waals surface area contributed by atoms with Crippen LogP contribution in [0.5, 0.6) is 0 Å². The molecule has 0 aliphatic carbocycles. The molecule has 15 heavy (non-hydrogen) atoms. The minimum Gasteiger partial charge on any atom is -0.349 e. The molecule has 1 atom stereocenters. The molecule has 1 aromatic rings. The van der Waals surface area contributed by atoms with Crippen LogP contribution in [-0.2, 0) is 11.3 Å². The Morgan fingerprint density at radius 2 is 2.40 bits per heavy atom. The van der Waals surface area contributed by atoms with E-state index in [-0.39, 0.29) is 6.23 Å². The highest BCUT2D eigenvalue weighted by molar-refractivity contribution is 9.10. The number of hydrogen-bond acceptors (Lipinski definition) is 3. The van der Waals surface area contributed by atoms with E-state index < -0.39 is 0 Å². The standard InChI is InChI=1S/C11H11BrN2O/c12-9-1-2-10-8(5-9)6-15-11(10)14-4-3-13-7-14/h1-2,5,7,11H,3-4,6H2. The molecular weight excluding hydrogens is 256 g/mol. The number of aliphatic imine (C=N–C) groups is 1. The molecule has 78 valence electrons. The third kappa shape index (κ3) is 1.58. The zero-order valence-electron chi connectivity index (χ0n) is 8.19. The molecule has 0 radical (unpaired) electrons. The second kappa shape index (κ2) is 3.61. The fraction of sp³-hybridized carbons (Fsp3) is 0.364. The van der Waals surface area contributed by atoms with Gasteiger partial charge >= 0.3 is 0 Å². The molecule has 0 spiro atoms. The van der Waals surface area contributed by atoms with Crippen LogP contribution < -0.4 is 0 Å². The summed E-state index contributed by atoms with van der Waals surface area (Å²) in [5.74, 6) is 0. The summed E-state index contributed by atoms with van der Waals surface area (Å²) in [7, 11) is 0. The van der Waals surface area contributed by atoms with Crippen LogP contribution >= 0.6 is 15.9 Å². The van der Waals surface area contributed by atoms with Crippen molar-refractivity contribution in [3.8, 4) is 0 Å². The van der Waals surface area contributed by atoms with Gasteiger partial charge in [0.05, 0.1) is 19.5 Å². The number of fused-ring (bicyclic) bond motifs is 1. The summed E-state index contributed by atoms with van der Waals surface area (Å²) in [6, 6.07) is 6.32. The lowest BCUT2D eigenvalue weighted by molar-refractivity contribution is -0.0101. The molecule has 0 aromatic heterocycles. The van der Waals surface area contributed by atoms with Crippen LogP contribution in [0, 0.1) is 0 Å². The van der Waals surface area contributed by atoms with Gasteiger partial charge in [0.1, 0.15) is 0 Å². The Labute approximate surface area is 96.9 Å². The lowest BCUT2D eigenvalue weighted by Gasteiger charge is -2.22. The fourth-order valence-corrected chi connectivity index (χ4v) is 2.45. The van der Waals surface area contributed by atoms with Crippen LogP contribution in [-0.4, -0.2) is 24.3 Å². The summed E-state index contributed by atoms with van der Waals surface area (Å²) >= 11 is 3.47. The Morgan fingerprint density at radius 1 is 1.47 bits per heavy atom. The van der Waals surface area contributed by atoms with Crippen molar-refractivity contribution in [3.05, 3.63) is 33.8 Å². The van der Waals surface area contributed by atoms with E-state index >= 15 is 0 Å². The van der Waals surface area contributed by atoms with Gasteiger partial charge < -0.3 is 9.64 Å². The third-order valence-corrected chi connectivity index (χ3v) is 3.28. The Morgan fingerprint density at radius 3 is 3.20 bits per heavy atom. The van der Waals surface area contributed by atoms with Gasteiger partial charge in [-0.25, -0.2) is 0 Å². The molecule has 1 aromatic carbocycles. The van der Waals surface area contributed by atoms with Crippen molar-refractivity contribution in [2.45, 2.75) is 12.8 Å². The van der Waals surface area contributed by atoms with Gasteiger partial charge in [-0.05, 0) is 17.7 Å². The largest absolute Gasteiger partial charge is 0.349 e. The van der Waals surface area contributed by atoms with E-state index in [1.165, 1.54) is 11.1 Å². The molecule has 0 amide bonds. The molecule has 2 aliphatic rings. The lowest BCUT2D eigenvalue weighted by atomic mass is 10.1. The van der Waals surface area contributed by atoms with Gasteiger partial charge in [0.2, 0.25) is 0 Å². The number of nitrogens with zero attached hydrogens (tertiary/aromatic N) is 2. The van der Waals surface area contributed by atoms with Crippen molar-refractivity contribution in [1.29, 1.82) is 0 Å². The van der Waals surface area contributed by atoms with E-state index in [0.29, 0.717) is 6.61 Å². The molecule has 3 nitrogen and oxygen atoms in total. The SMILES string of the molecule is Brc1ccc2c(c1)COC2N1C=NCC1. The highest BCUT2D eigenvalue weighted by atomic mass is 79.9. The van der Waals surface area contributed by atoms with Crippen molar-refractivity contribution < 1.29 is 4.74 Å². The molecule has 0 bridgehead atoms. The van der Waals surface area contributed by atoms with Crippen molar-refractivity contribution in [3.63, 3.8) is 0 Å². The quantitative estimate of drug-likeness (QED) is 0.780. The van der Waals surface area contributed by atoms with Crippen LogP contribution in [0.2, 0.25) is 0 Å². The molecule has 3 rings (SSSR count). The smallest absolute Gasteiger partial charge is 0.157 e. The maximum atomic E-state index is 5.78. The van der Waals surface area contributed by atoms with Gasteiger partial charge in [-0.1, -0.05) is 22.0 Å². The zero-order valence-corrected chi connectivity index (χ0v) is 9.77. The Balaban J connectivity index is 1.94. The average molecular weight is 267 g/mol. The predicted molar refractivity (Wildman–Crippen MR) is 61.7 cm³/mol. The maximum absolute atomic E-state index is 5.78. The molecule has 2 aliphatic heterocycles. The second-order valence-electron chi connectivity index (χ2n) is 3.77. The van der Waals surface area contributed by atoms with Gasteiger partial charge in [-0.2, -0.15) is 0 Å². The highest BCUT2D eigenvalue weighted by Crippen LogP contribution is 2.34. The summed E-state index contributed by atoms with van der Waals surface area (Å²) in [5, 5.41) is 0. The molecule has 0 fully saturated rings. The monoisotopic (exact) mass is 266 g/mol. The highest BCUT2D eigenvalue weighted by Gasteiger charge is 2.28. The summed E-state index contributed by atoms with van der Waals surface area (Å²) in [6.45, 7) is 2.54. The number of halogens is 1. The minimum absolute atomic E-state index is 0.0688. The Bertz CT molecular complexity index is 419.